The van der Waals surface area contributed by atoms with Gasteiger partial charge in [-0.2, -0.15) is 13.2 Å². The van der Waals surface area contributed by atoms with Crippen LogP contribution in [-0.2, 0) is 6.18 Å². The molecule has 24 heavy (non-hydrogen) atoms. The predicted octanol–water partition coefficient (Wildman–Crippen LogP) is 5.75. The third-order valence-electron chi connectivity index (χ3n) is 3.71. The van der Waals surface area contributed by atoms with Gasteiger partial charge in [-0.25, -0.2) is 0 Å². The summed E-state index contributed by atoms with van der Waals surface area (Å²) in [5, 5.41) is 1.91. The van der Waals surface area contributed by atoms with Crippen LogP contribution >= 0.6 is 0 Å². The second-order valence-corrected chi connectivity index (χ2v) is 5.34. The van der Waals surface area contributed by atoms with E-state index in [4.69, 9.17) is 0 Å². The molecular weight excluding hydrogens is 313 g/mol. The van der Waals surface area contributed by atoms with Crippen LogP contribution in [-0.4, -0.2) is 5.78 Å². The van der Waals surface area contributed by atoms with Crippen molar-refractivity contribution in [2.24, 2.45) is 0 Å². The minimum atomic E-state index is -4.45. The summed E-state index contributed by atoms with van der Waals surface area (Å²) in [6.07, 6.45) is -2.07. The van der Waals surface area contributed by atoms with E-state index >= 15 is 0 Å². The maximum absolute atomic E-state index is 13.0. The first-order valence-corrected chi connectivity index (χ1v) is 7.32. The molecule has 0 aliphatic carbocycles. The average Bonchev–Trinajstić information content (AvgIpc) is 2.58. The zero-order valence-corrected chi connectivity index (χ0v) is 12.5. The fraction of sp³-hybridized carbons (Fsp3) is 0.0500. The van der Waals surface area contributed by atoms with Crippen LogP contribution in [0.2, 0.25) is 0 Å². The van der Waals surface area contributed by atoms with E-state index in [2.05, 4.69) is 0 Å². The predicted molar refractivity (Wildman–Crippen MR) is 88.8 cm³/mol. The quantitative estimate of drug-likeness (QED) is 0.442. The molecule has 0 saturated carbocycles. The molecule has 0 unspecified atom stereocenters. The highest BCUT2D eigenvalue weighted by molar-refractivity contribution is 6.08. The second-order valence-electron chi connectivity index (χ2n) is 5.34. The molecule has 0 bridgehead atoms. The van der Waals surface area contributed by atoms with Crippen molar-refractivity contribution in [3.05, 3.63) is 89.5 Å². The summed E-state index contributed by atoms with van der Waals surface area (Å²) in [6.45, 7) is 0. The van der Waals surface area contributed by atoms with E-state index in [1.807, 2.05) is 30.3 Å². The normalized spacial score (nSPS) is 12.0. The standard InChI is InChI=1S/C20H13F3O/c21-20(22,23)18-8-4-3-6-15(18)11-12-19(24)17-10-9-14-5-1-2-7-16(14)13-17/h1-13H/b12-11+. The summed E-state index contributed by atoms with van der Waals surface area (Å²) in [4.78, 5) is 12.3. The van der Waals surface area contributed by atoms with Gasteiger partial charge in [0.15, 0.2) is 5.78 Å². The number of ketones is 1. The van der Waals surface area contributed by atoms with Gasteiger partial charge in [0, 0.05) is 5.56 Å². The van der Waals surface area contributed by atoms with E-state index in [1.165, 1.54) is 30.4 Å². The third-order valence-corrected chi connectivity index (χ3v) is 3.71. The summed E-state index contributed by atoms with van der Waals surface area (Å²) in [5.74, 6) is -0.335. The van der Waals surface area contributed by atoms with Crippen molar-refractivity contribution in [3.8, 4) is 0 Å². The number of allylic oxidation sites excluding steroid dienone is 1. The van der Waals surface area contributed by atoms with Gasteiger partial charge in [0.1, 0.15) is 0 Å². The highest BCUT2D eigenvalue weighted by atomic mass is 19.4. The van der Waals surface area contributed by atoms with Gasteiger partial charge in [-0.05, 0) is 34.5 Å². The minimum absolute atomic E-state index is 0.0286. The van der Waals surface area contributed by atoms with E-state index in [0.717, 1.165) is 16.8 Å². The Morgan fingerprint density at radius 3 is 2.25 bits per heavy atom. The molecule has 3 aromatic rings. The molecule has 0 spiro atoms. The van der Waals surface area contributed by atoms with Gasteiger partial charge in [0.05, 0.1) is 5.56 Å². The van der Waals surface area contributed by atoms with Crippen LogP contribution in [0.15, 0.2) is 72.8 Å². The molecule has 4 heteroatoms. The summed E-state index contributed by atoms with van der Waals surface area (Å²) >= 11 is 0. The molecule has 1 nitrogen and oxygen atoms in total. The molecule has 0 heterocycles. The second kappa shape index (κ2) is 6.32. The summed E-state index contributed by atoms with van der Waals surface area (Å²) in [7, 11) is 0. The number of alkyl halides is 3. The Balaban J connectivity index is 1.90. The fourth-order valence-electron chi connectivity index (χ4n) is 2.50. The molecule has 0 aliphatic rings. The largest absolute Gasteiger partial charge is 0.416 e. The first-order chi connectivity index (χ1) is 11.4. The van der Waals surface area contributed by atoms with Crippen LogP contribution in [0.1, 0.15) is 21.5 Å². The topological polar surface area (TPSA) is 17.1 Å². The van der Waals surface area contributed by atoms with Crippen molar-refractivity contribution in [2.75, 3.05) is 0 Å². The molecule has 3 aromatic carbocycles. The van der Waals surface area contributed by atoms with Crippen LogP contribution in [0.4, 0.5) is 13.2 Å². The Labute approximate surface area is 137 Å². The number of rotatable bonds is 3. The van der Waals surface area contributed by atoms with Gasteiger partial charge >= 0.3 is 6.18 Å². The van der Waals surface area contributed by atoms with Crippen molar-refractivity contribution < 1.29 is 18.0 Å². The lowest BCUT2D eigenvalue weighted by molar-refractivity contribution is -0.137. The smallest absolute Gasteiger partial charge is 0.289 e. The summed E-state index contributed by atoms with van der Waals surface area (Å²) in [5.41, 5.74) is -0.346. The zero-order chi connectivity index (χ0) is 17.2. The van der Waals surface area contributed by atoms with Crippen LogP contribution < -0.4 is 0 Å². The van der Waals surface area contributed by atoms with Crippen LogP contribution in [0, 0.1) is 0 Å². The van der Waals surface area contributed by atoms with Crippen molar-refractivity contribution in [3.63, 3.8) is 0 Å². The Morgan fingerprint density at radius 2 is 1.50 bits per heavy atom. The number of hydrogen-bond acceptors (Lipinski definition) is 1. The monoisotopic (exact) mass is 326 g/mol. The fourth-order valence-corrected chi connectivity index (χ4v) is 2.50. The van der Waals surface area contributed by atoms with Crippen LogP contribution in [0.5, 0.6) is 0 Å². The van der Waals surface area contributed by atoms with Gasteiger partial charge in [-0.15, -0.1) is 0 Å². The van der Waals surface area contributed by atoms with Gasteiger partial charge < -0.3 is 0 Å². The minimum Gasteiger partial charge on any atom is -0.289 e. The number of benzene rings is 3. The van der Waals surface area contributed by atoms with Crippen molar-refractivity contribution >= 4 is 22.6 Å². The molecule has 0 amide bonds. The molecular formula is C20H13F3O. The average molecular weight is 326 g/mol. The molecule has 0 atom stereocenters. The Kier molecular flexibility index (Phi) is 4.21. The number of hydrogen-bond donors (Lipinski definition) is 0. The van der Waals surface area contributed by atoms with Crippen LogP contribution in [0.25, 0.3) is 16.8 Å². The van der Waals surface area contributed by atoms with E-state index in [-0.39, 0.29) is 11.3 Å². The molecule has 0 radical (unpaired) electrons. The van der Waals surface area contributed by atoms with E-state index < -0.39 is 11.7 Å². The molecule has 0 aliphatic heterocycles. The Bertz CT molecular complexity index is 923. The van der Waals surface area contributed by atoms with Gasteiger partial charge in [-0.3, -0.25) is 4.79 Å². The molecule has 0 N–H and O–H groups in total. The molecule has 120 valence electrons. The van der Waals surface area contributed by atoms with Gasteiger partial charge in [0.2, 0.25) is 0 Å². The lowest BCUT2D eigenvalue weighted by Crippen LogP contribution is -2.07. The third kappa shape index (κ3) is 3.38. The van der Waals surface area contributed by atoms with E-state index in [1.54, 1.807) is 12.1 Å². The van der Waals surface area contributed by atoms with Crippen molar-refractivity contribution in [1.29, 1.82) is 0 Å². The first-order valence-electron chi connectivity index (χ1n) is 7.32. The maximum atomic E-state index is 13.0. The van der Waals surface area contributed by atoms with Crippen LogP contribution in [0.3, 0.4) is 0 Å². The van der Waals surface area contributed by atoms with E-state index in [9.17, 15) is 18.0 Å². The summed E-state index contributed by atoms with van der Waals surface area (Å²) < 4.78 is 38.9. The van der Waals surface area contributed by atoms with Gasteiger partial charge in [-0.1, -0.05) is 60.7 Å². The van der Waals surface area contributed by atoms with Crippen molar-refractivity contribution in [2.45, 2.75) is 6.18 Å². The molecule has 0 fully saturated rings. The zero-order valence-electron chi connectivity index (χ0n) is 12.5. The molecule has 0 saturated heterocycles. The highest BCUT2D eigenvalue weighted by Gasteiger charge is 2.32. The lowest BCUT2D eigenvalue weighted by atomic mass is 10.0. The first kappa shape index (κ1) is 16.0. The highest BCUT2D eigenvalue weighted by Crippen LogP contribution is 2.32. The SMILES string of the molecule is O=C(/C=C/c1ccccc1C(F)(F)F)c1ccc2ccccc2c1. The van der Waals surface area contributed by atoms with E-state index in [0.29, 0.717) is 5.56 Å². The Hall–Kier alpha value is -2.88. The number of carbonyl (C=O) groups excluding carboxylic acids is 1. The number of fused-ring (bicyclic) bond motifs is 1. The Morgan fingerprint density at radius 1 is 0.833 bits per heavy atom. The molecule has 3 rings (SSSR count). The maximum Gasteiger partial charge on any atom is 0.416 e. The number of halogens is 3. The number of carbonyl (C=O) groups is 1. The van der Waals surface area contributed by atoms with Gasteiger partial charge in [0.25, 0.3) is 0 Å². The summed E-state index contributed by atoms with van der Waals surface area (Å²) in [6, 6.07) is 18.0. The van der Waals surface area contributed by atoms with Crippen molar-refractivity contribution in [1.82, 2.24) is 0 Å². The molecule has 0 aromatic heterocycles. The lowest BCUT2D eigenvalue weighted by Gasteiger charge is -2.09.